The molecule has 0 spiro atoms. The molecule has 1 saturated heterocycles. The molecule has 0 bridgehead atoms. The van der Waals surface area contributed by atoms with Crippen molar-refractivity contribution in [2.75, 3.05) is 24.9 Å². The lowest BCUT2D eigenvalue weighted by Crippen LogP contribution is -2.37. The van der Waals surface area contributed by atoms with E-state index in [-0.39, 0.29) is 22.8 Å². The summed E-state index contributed by atoms with van der Waals surface area (Å²) in [4.78, 5) is 14.8. The van der Waals surface area contributed by atoms with Gasteiger partial charge >= 0.3 is 0 Å². The van der Waals surface area contributed by atoms with E-state index < -0.39 is 6.23 Å². The number of hydrogen-bond donors (Lipinski definition) is 0. The molecule has 3 rings (SSSR count). The van der Waals surface area contributed by atoms with E-state index in [0.717, 1.165) is 5.56 Å². The van der Waals surface area contributed by atoms with Crippen LogP contribution in [0.15, 0.2) is 48.5 Å². The van der Waals surface area contributed by atoms with Gasteiger partial charge in [0.15, 0.2) is 12.0 Å². The molecular weight excluding hydrogens is 377 g/mol. The summed E-state index contributed by atoms with van der Waals surface area (Å²) in [5, 5.41) is 1.02. The van der Waals surface area contributed by atoms with E-state index in [1.807, 2.05) is 30.3 Å². The molecule has 25 heavy (non-hydrogen) atoms. The van der Waals surface area contributed by atoms with Crippen LogP contribution in [0.2, 0.25) is 10.0 Å². The van der Waals surface area contributed by atoms with Gasteiger partial charge in [0.05, 0.1) is 25.2 Å². The van der Waals surface area contributed by atoms with Crippen molar-refractivity contribution in [3.8, 4) is 0 Å². The standard InChI is InChI=1S/C19H20Cl2NO2S/c1-25(2)12-17(23)22-16(13-7-4-3-5-8-13)11-24-19(22)18-14(20)9-6-10-15(18)21/h3-10,16,19H,11-12H2,1-2H3/q+1/t16-,19+/m0/s1. The highest BCUT2D eigenvalue weighted by Gasteiger charge is 2.42. The van der Waals surface area contributed by atoms with Crippen molar-refractivity contribution in [1.82, 2.24) is 4.90 Å². The molecule has 1 amide bonds. The van der Waals surface area contributed by atoms with Gasteiger partial charge in [-0.1, -0.05) is 59.6 Å². The number of benzene rings is 2. The highest BCUT2D eigenvalue weighted by molar-refractivity contribution is 7.96. The summed E-state index contributed by atoms with van der Waals surface area (Å²) in [6, 6.07) is 15.1. The van der Waals surface area contributed by atoms with Crippen molar-refractivity contribution in [1.29, 1.82) is 0 Å². The maximum Gasteiger partial charge on any atom is 0.275 e. The summed E-state index contributed by atoms with van der Waals surface area (Å²) in [5.41, 5.74) is 1.71. The summed E-state index contributed by atoms with van der Waals surface area (Å²) in [7, 11) is -0.00776. The summed E-state index contributed by atoms with van der Waals surface area (Å²) >= 11 is 12.8. The largest absolute Gasteiger partial charge is 0.351 e. The third-order valence-electron chi connectivity index (χ3n) is 4.13. The Kier molecular flexibility index (Phi) is 5.95. The second kappa shape index (κ2) is 8.00. The lowest BCUT2D eigenvalue weighted by molar-refractivity contribution is -0.135. The predicted octanol–water partition coefficient (Wildman–Crippen LogP) is 4.47. The molecule has 1 fully saturated rings. The first kappa shape index (κ1) is 18.6. The molecular formula is C19H20Cl2NO2S+. The number of halogens is 2. The zero-order valence-corrected chi connectivity index (χ0v) is 16.4. The number of carbonyl (C=O) groups excluding carboxylic acids is 1. The molecule has 0 unspecified atom stereocenters. The van der Waals surface area contributed by atoms with Gasteiger partial charge in [0.1, 0.15) is 0 Å². The minimum absolute atomic E-state index is 0.00776. The van der Waals surface area contributed by atoms with Crippen molar-refractivity contribution in [3.63, 3.8) is 0 Å². The van der Waals surface area contributed by atoms with Gasteiger partial charge in [0.25, 0.3) is 5.91 Å². The minimum Gasteiger partial charge on any atom is -0.351 e. The first-order valence-corrected chi connectivity index (χ1v) is 10.9. The maximum atomic E-state index is 13.0. The lowest BCUT2D eigenvalue weighted by atomic mass is 10.1. The van der Waals surface area contributed by atoms with Crippen LogP contribution in [-0.2, 0) is 20.4 Å². The van der Waals surface area contributed by atoms with Crippen molar-refractivity contribution >= 4 is 40.0 Å². The molecule has 6 heteroatoms. The Bertz CT molecular complexity index is 734. The molecule has 0 saturated carbocycles. The number of nitrogens with zero attached hydrogens (tertiary/aromatic N) is 1. The van der Waals surface area contributed by atoms with Gasteiger partial charge in [-0.05, 0) is 28.6 Å². The Morgan fingerprint density at radius 2 is 1.76 bits per heavy atom. The molecule has 1 aliphatic rings. The minimum atomic E-state index is -0.567. The molecule has 3 nitrogen and oxygen atoms in total. The number of carbonyl (C=O) groups is 1. The van der Waals surface area contributed by atoms with E-state index in [2.05, 4.69) is 12.5 Å². The molecule has 2 aromatic rings. The van der Waals surface area contributed by atoms with E-state index >= 15 is 0 Å². The number of rotatable bonds is 4. The topological polar surface area (TPSA) is 29.5 Å². The van der Waals surface area contributed by atoms with Crippen LogP contribution < -0.4 is 0 Å². The maximum absolute atomic E-state index is 13.0. The first-order valence-electron chi connectivity index (χ1n) is 7.95. The average molecular weight is 397 g/mol. The summed E-state index contributed by atoms with van der Waals surface area (Å²) < 4.78 is 6.02. The molecule has 132 valence electrons. The van der Waals surface area contributed by atoms with Gasteiger partial charge in [-0.2, -0.15) is 0 Å². The quantitative estimate of drug-likeness (QED) is 0.713. The van der Waals surface area contributed by atoms with Crippen LogP contribution in [0.5, 0.6) is 0 Å². The van der Waals surface area contributed by atoms with Crippen LogP contribution in [-0.4, -0.2) is 35.7 Å². The highest BCUT2D eigenvalue weighted by Crippen LogP contribution is 2.43. The van der Waals surface area contributed by atoms with E-state index in [4.69, 9.17) is 27.9 Å². The second-order valence-electron chi connectivity index (χ2n) is 6.18. The van der Waals surface area contributed by atoms with Gasteiger partial charge in [0.2, 0.25) is 0 Å². The lowest BCUT2D eigenvalue weighted by Gasteiger charge is -2.29. The fourth-order valence-electron chi connectivity index (χ4n) is 3.03. The van der Waals surface area contributed by atoms with Crippen LogP contribution in [0.3, 0.4) is 0 Å². The summed E-state index contributed by atoms with van der Waals surface area (Å²) in [6.07, 6.45) is 3.55. The number of ether oxygens (including phenoxy) is 1. The SMILES string of the molecule is C[S+](C)CC(=O)N1[C@@H](c2c(Cl)cccc2Cl)OC[C@H]1c1ccccc1. The molecule has 0 aliphatic carbocycles. The van der Waals surface area contributed by atoms with Crippen LogP contribution >= 0.6 is 23.2 Å². The Hall–Kier alpha value is -1.20. The molecule has 2 atom stereocenters. The molecule has 0 aromatic heterocycles. The van der Waals surface area contributed by atoms with Gasteiger partial charge < -0.3 is 4.74 Å². The van der Waals surface area contributed by atoms with Gasteiger partial charge in [0, 0.05) is 15.6 Å². The molecule has 0 N–H and O–H groups in total. The molecule has 2 aromatic carbocycles. The average Bonchev–Trinajstić information content (AvgIpc) is 2.99. The fourth-order valence-corrected chi connectivity index (χ4v) is 4.26. The van der Waals surface area contributed by atoms with Crippen LogP contribution in [0, 0.1) is 0 Å². The number of hydrogen-bond acceptors (Lipinski definition) is 2. The summed E-state index contributed by atoms with van der Waals surface area (Å²) in [6.45, 7) is 0.420. The Morgan fingerprint density at radius 3 is 2.36 bits per heavy atom. The Morgan fingerprint density at radius 1 is 1.12 bits per heavy atom. The van der Waals surface area contributed by atoms with Crippen molar-refractivity contribution in [2.45, 2.75) is 12.3 Å². The first-order chi connectivity index (χ1) is 12.0. The monoisotopic (exact) mass is 396 g/mol. The Labute approximate surface area is 161 Å². The Balaban J connectivity index is 2.02. The third-order valence-corrected chi connectivity index (χ3v) is 5.62. The van der Waals surface area contributed by atoms with Crippen LogP contribution in [0.1, 0.15) is 23.4 Å². The fraction of sp³-hybridized carbons (Fsp3) is 0.316. The molecule has 1 aliphatic heterocycles. The van der Waals surface area contributed by atoms with E-state index in [1.165, 1.54) is 0 Å². The molecule has 0 radical (unpaired) electrons. The normalized spacial score (nSPS) is 20.3. The van der Waals surface area contributed by atoms with E-state index in [0.29, 0.717) is 28.0 Å². The van der Waals surface area contributed by atoms with E-state index in [1.54, 1.807) is 23.1 Å². The van der Waals surface area contributed by atoms with Crippen LogP contribution in [0.4, 0.5) is 0 Å². The highest BCUT2D eigenvalue weighted by atomic mass is 35.5. The second-order valence-corrected chi connectivity index (χ2v) is 9.25. The van der Waals surface area contributed by atoms with Gasteiger partial charge in [-0.25, -0.2) is 0 Å². The van der Waals surface area contributed by atoms with Crippen LogP contribution in [0.25, 0.3) is 0 Å². The van der Waals surface area contributed by atoms with Crippen molar-refractivity contribution in [3.05, 3.63) is 69.7 Å². The predicted molar refractivity (Wildman–Crippen MR) is 105 cm³/mol. The van der Waals surface area contributed by atoms with E-state index in [9.17, 15) is 4.79 Å². The summed E-state index contributed by atoms with van der Waals surface area (Å²) in [5.74, 6) is 0.534. The third kappa shape index (κ3) is 3.98. The van der Waals surface area contributed by atoms with Crippen molar-refractivity contribution in [2.24, 2.45) is 0 Å². The zero-order chi connectivity index (χ0) is 18.0. The van der Waals surface area contributed by atoms with Gasteiger partial charge in [-0.15, -0.1) is 0 Å². The number of amides is 1. The zero-order valence-electron chi connectivity index (χ0n) is 14.1. The van der Waals surface area contributed by atoms with Gasteiger partial charge in [-0.3, -0.25) is 9.69 Å². The smallest absolute Gasteiger partial charge is 0.275 e. The molecule has 1 heterocycles. The van der Waals surface area contributed by atoms with Crippen molar-refractivity contribution < 1.29 is 9.53 Å².